The van der Waals surface area contributed by atoms with Gasteiger partial charge in [-0.3, -0.25) is 9.59 Å². The summed E-state index contributed by atoms with van der Waals surface area (Å²) in [5.41, 5.74) is 0.224. The van der Waals surface area contributed by atoms with Crippen molar-refractivity contribution in [2.45, 2.75) is 77.7 Å². The van der Waals surface area contributed by atoms with Crippen LogP contribution in [0.5, 0.6) is 0 Å². The van der Waals surface area contributed by atoms with Gasteiger partial charge in [0, 0.05) is 17.8 Å². The maximum Gasteiger partial charge on any atom is 0.408 e. The van der Waals surface area contributed by atoms with E-state index in [4.69, 9.17) is 9.47 Å². The Hall–Kier alpha value is -1.92. The van der Waals surface area contributed by atoms with Crippen molar-refractivity contribution in [2.75, 3.05) is 45.8 Å². The second kappa shape index (κ2) is 26.0. The first-order valence-electron chi connectivity index (χ1n) is 15.1. The van der Waals surface area contributed by atoms with Crippen molar-refractivity contribution < 1.29 is 52.6 Å². The van der Waals surface area contributed by atoms with E-state index in [9.17, 15) is 19.2 Å². The van der Waals surface area contributed by atoms with E-state index in [0.29, 0.717) is 24.2 Å². The number of hydrogen-bond acceptors (Lipinski definition) is 7. The maximum atomic E-state index is 12.4. The number of anilines is 2. The van der Waals surface area contributed by atoms with E-state index in [-0.39, 0.29) is 46.7 Å². The number of alkyl halides is 1. The van der Waals surface area contributed by atoms with Crippen molar-refractivity contribution in [3.05, 3.63) is 60.7 Å². The topological polar surface area (TPSA) is 135 Å². The Morgan fingerprint density at radius 1 is 0.708 bits per heavy atom. The highest BCUT2D eigenvalue weighted by Gasteiger charge is 2.26. The van der Waals surface area contributed by atoms with Gasteiger partial charge in [-0.05, 0) is 100 Å². The Morgan fingerprint density at radius 2 is 1.06 bits per heavy atom. The first kappa shape index (κ1) is 48.2. The molecule has 0 aliphatic heterocycles. The van der Waals surface area contributed by atoms with Gasteiger partial charge in [-0.15, -0.1) is 0 Å². The average Bonchev–Trinajstić information content (AvgIpc) is 2.97. The van der Waals surface area contributed by atoms with Gasteiger partial charge in [0.2, 0.25) is 11.8 Å². The summed E-state index contributed by atoms with van der Waals surface area (Å²) in [5.74, 6) is 1.16. The van der Waals surface area contributed by atoms with Crippen LogP contribution in [0.15, 0.2) is 60.7 Å². The third-order valence-electron chi connectivity index (χ3n) is 5.52. The van der Waals surface area contributed by atoms with Crippen LogP contribution < -0.4 is 45.2 Å². The molecule has 48 heavy (non-hydrogen) atoms. The predicted octanol–water partition coefficient (Wildman–Crippen LogP) is 4.11. The Morgan fingerprint density at radius 3 is 1.38 bits per heavy atom. The molecule has 0 heterocycles. The Kier molecular flexibility index (Phi) is 26.1. The number of para-hydroxylation sites is 2. The van der Waals surface area contributed by atoms with Gasteiger partial charge in [0.05, 0.1) is 12.5 Å². The fourth-order valence-corrected chi connectivity index (χ4v) is 4.71. The van der Waals surface area contributed by atoms with Crippen LogP contribution >= 0.6 is 34.4 Å². The van der Waals surface area contributed by atoms with E-state index >= 15 is 0 Å². The summed E-state index contributed by atoms with van der Waals surface area (Å²) in [7, 11) is 0.195. The lowest BCUT2D eigenvalue weighted by Crippen LogP contribution is -3.00. The lowest BCUT2D eigenvalue weighted by molar-refractivity contribution is -0.118. The van der Waals surface area contributed by atoms with Gasteiger partial charge < -0.3 is 54.7 Å². The highest BCUT2D eigenvalue weighted by Crippen LogP contribution is 2.12. The summed E-state index contributed by atoms with van der Waals surface area (Å²) in [4.78, 5) is 50.6. The molecule has 2 aromatic rings. The minimum absolute atomic E-state index is 0. The fraction of sp³-hybridized carbons (Fsp3) is 0.529. The minimum Gasteiger partial charge on any atom is -1.00 e. The molecule has 2 aromatic carbocycles. The van der Waals surface area contributed by atoms with E-state index in [1.54, 1.807) is 65.4 Å². The Bertz CT molecular complexity index is 1200. The van der Waals surface area contributed by atoms with Crippen LogP contribution in [-0.4, -0.2) is 82.5 Å². The molecule has 0 aliphatic rings. The fourth-order valence-electron chi connectivity index (χ4n) is 3.53. The molecule has 0 aliphatic carbocycles. The van der Waals surface area contributed by atoms with Crippen LogP contribution in [0.3, 0.4) is 0 Å². The molecule has 14 heteroatoms. The number of carbonyl (C=O) groups is 4. The Balaban J connectivity index is 0. The van der Waals surface area contributed by atoms with E-state index in [0.717, 1.165) is 11.5 Å². The number of ether oxygens (including phenoxy) is 2. The normalized spacial score (nSPS) is 11.8. The van der Waals surface area contributed by atoms with Crippen LogP contribution in [-0.2, 0) is 30.0 Å². The molecule has 0 radical (unpaired) electrons. The molecule has 0 fully saturated rings. The molecule has 0 aromatic heterocycles. The first-order valence-corrected chi connectivity index (χ1v) is 20.9. The van der Waals surface area contributed by atoms with Crippen LogP contribution in [0.1, 0.15) is 54.4 Å². The summed E-state index contributed by atoms with van der Waals surface area (Å²) in [6.07, 6.45) is 6.14. The van der Waals surface area contributed by atoms with Gasteiger partial charge in [-0.25, -0.2) is 9.59 Å². The summed E-state index contributed by atoms with van der Waals surface area (Å²) < 4.78 is 10.5. The van der Waals surface area contributed by atoms with Crippen molar-refractivity contribution in [1.29, 1.82) is 0 Å². The lowest BCUT2D eigenvalue weighted by atomic mass is 10.2. The van der Waals surface area contributed by atoms with Gasteiger partial charge >= 0.3 is 12.2 Å². The quantitative estimate of drug-likeness (QED) is 0.143. The minimum atomic E-state index is -0.623. The molecule has 4 amide bonds. The number of halogens is 2. The number of thioether (sulfide) groups is 1. The first-order chi connectivity index (χ1) is 22.0. The zero-order valence-corrected chi connectivity index (χ0v) is 35.7. The number of carbonyl (C=O) groups excluding carboxylic acids is 4. The summed E-state index contributed by atoms with van der Waals surface area (Å²) >= 11 is 3.77. The smallest absolute Gasteiger partial charge is 0.408 e. The number of hydrogen-bond donors (Lipinski definition) is 4. The van der Waals surface area contributed by atoms with Gasteiger partial charge in [0.25, 0.3) is 0 Å². The molecular weight excluding hydrogens is 878 g/mol. The van der Waals surface area contributed by atoms with E-state index in [1.165, 1.54) is 0 Å². The highest BCUT2D eigenvalue weighted by atomic mass is 127. The van der Waals surface area contributed by atoms with Crippen molar-refractivity contribution >= 4 is 80.6 Å². The molecule has 0 saturated carbocycles. The third kappa shape index (κ3) is 25.1. The van der Waals surface area contributed by atoms with Crippen molar-refractivity contribution in [2.24, 2.45) is 0 Å². The number of amides is 4. The van der Waals surface area contributed by atoms with Crippen molar-refractivity contribution in [3.8, 4) is 0 Å². The molecule has 0 bridgehead atoms. The molecule has 4 N–H and O–H groups in total. The SMILES string of the molecule is CI.CSCC[C@@H](NC(=O)OC(C)(C)C)C(=O)Nc1ccccc1.C[S+](C)CC[C@@H](NC(=O)OC(C)(C)C)C(=O)Nc1ccccc1.[I-]. The summed E-state index contributed by atoms with van der Waals surface area (Å²) in [5, 5.41) is 11.0. The van der Waals surface area contributed by atoms with Crippen LogP contribution in [0.25, 0.3) is 0 Å². The summed E-state index contributed by atoms with van der Waals surface area (Å²) in [6, 6.07) is 17.1. The van der Waals surface area contributed by atoms with Gasteiger partial charge in [-0.1, -0.05) is 59.0 Å². The monoisotopic (exact) mass is 932 g/mol. The second-order valence-electron chi connectivity index (χ2n) is 12.4. The van der Waals surface area contributed by atoms with Gasteiger partial charge in [0.15, 0.2) is 0 Å². The molecule has 272 valence electrons. The van der Waals surface area contributed by atoms with E-state index in [2.05, 4.69) is 56.4 Å². The molecule has 2 atom stereocenters. The number of alkyl carbamates (subject to hydrolysis) is 2. The van der Waals surface area contributed by atoms with Crippen LogP contribution in [0.4, 0.5) is 21.0 Å². The second-order valence-corrected chi connectivity index (χ2v) is 15.7. The number of rotatable bonds is 12. The van der Waals surface area contributed by atoms with E-state index in [1.807, 2.05) is 59.7 Å². The summed E-state index contributed by atoms with van der Waals surface area (Å²) in [6.45, 7) is 10.7. The van der Waals surface area contributed by atoms with Crippen molar-refractivity contribution in [3.63, 3.8) is 0 Å². The third-order valence-corrected chi connectivity index (χ3v) is 7.22. The van der Waals surface area contributed by atoms with Gasteiger partial charge in [0.1, 0.15) is 29.0 Å². The number of benzene rings is 2. The van der Waals surface area contributed by atoms with Gasteiger partial charge in [-0.2, -0.15) is 11.8 Å². The molecule has 10 nitrogen and oxygen atoms in total. The predicted molar refractivity (Wildman–Crippen MR) is 208 cm³/mol. The molecule has 2 rings (SSSR count). The zero-order chi connectivity index (χ0) is 36.0. The molecule has 0 unspecified atom stereocenters. The standard InChI is InChI=1S/C17H26N2O3S.C16H24N2O3S.CH3I.HI/c1-17(2,3)22-16(21)19-14(11-12-23(4)5)15(20)18-13-9-7-6-8-10-13;1-16(2,3)21-15(20)18-13(10-11-22-4)14(19)17-12-8-6-5-7-9-12;1-2;/h6-10,14H,11-12H2,1-5H3,(H-,18,19,20,21);5-9,13H,10-11H2,1-4H3,(H,17,19)(H,18,20);1H3;1H/t14-;13-;;/m11../s1. The molecule has 0 saturated heterocycles. The molecule has 0 spiro atoms. The average molecular weight is 933 g/mol. The Labute approximate surface area is 325 Å². The largest absolute Gasteiger partial charge is 1.00 e. The number of nitrogens with one attached hydrogen (secondary N) is 4. The van der Waals surface area contributed by atoms with Crippen LogP contribution in [0.2, 0.25) is 0 Å². The van der Waals surface area contributed by atoms with E-state index < -0.39 is 35.5 Å². The lowest BCUT2D eigenvalue weighted by Gasteiger charge is -2.23. The maximum absolute atomic E-state index is 12.4. The zero-order valence-electron chi connectivity index (χ0n) is 29.8. The van der Waals surface area contributed by atoms with Crippen molar-refractivity contribution in [1.82, 2.24) is 10.6 Å². The highest BCUT2D eigenvalue weighted by molar-refractivity contribution is 14.1. The molecular formula is C34H54I2N4O6S2. The van der Waals surface area contributed by atoms with Crippen LogP contribution in [0, 0.1) is 0 Å².